The number of carbonyl (C=O) groups is 1. The minimum Gasteiger partial charge on any atom is -0.469 e. The van der Waals surface area contributed by atoms with Gasteiger partial charge < -0.3 is 4.74 Å². The van der Waals surface area contributed by atoms with Crippen LogP contribution in [0.1, 0.15) is 24.8 Å². The van der Waals surface area contributed by atoms with Crippen molar-refractivity contribution >= 4 is 21.9 Å². The number of halogens is 3. The van der Waals surface area contributed by atoms with E-state index in [2.05, 4.69) is 20.7 Å². The lowest BCUT2D eigenvalue weighted by Gasteiger charge is -2.15. The first-order valence-corrected chi connectivity index (χ1v) is 5.53. The lowest BCUT2D eigenvalue weighted by atomic mass is 9.95. The van der Waals surface area contributed by atoms with Crippen molar-refractivity contribution < 1.29 is 18.3 Å². The molecule has 1 rings (SSSR count). The zero-order valence-electron chi connectivity index (χ0n) is 8.89. The van der Waals surface area contributed by atoms with Gasteiger partial charge >= 0.3 is 5.97 Å². The lowest BCUT2D eigenvalue weighted by Crippen LogP contribution is -2.16. The molecule has 1 aromatic carbocycles. The second kappa shape index (κ2) is 5.39. The molecule has 0 aliphatic carbocycles. The number of hydrogen-bond acceptors (Lipinski definition) is 2. The third kappa shape index (κ3) is 2.40. The highest BCUT2D eigenvalue weighted by molar-refractivity contribution is 9.10. The number of benzene rings is 1. The maximum Gasteiger partial charge on any atom is 0.313 e. The number of rotatable bonds is 3. The van der Waals surface area contributed by atoms with Crippen molar-refractivity contribution in [2.45, 2.75) is 19.3 Å². The highest BCUT2D eigenvalue weighted by atomic mass is 79.9. The van der Waals surface area contributed by atoms with Gasteiger partial charge in [-0.15, -0.1) is 0 Å². The summed E-state index contributed by atoms with van der Waals surface area (Å²) in [5.41, 5.74) is -0.247. The van der Waals surface area contributed by atoms with Crippen molar-refractivity contribution in [1.29, 1.82) is 0 Å². The van der Waals surface area contributed by atoms with Gasteiger partial charge in [0, 0.05) is 5.56 Å². The first kappa shape index (κ1) is 13.1. The Morgan fingerprint density at radius 1 is 1.50 bits per heavy atom. The first-order valence-electron chi connectivity index (χ1n) is 4.74. The van der Waals surface area contributed by atoms with Crippen molar-refractivity contribution in [2.24, 2.45) is 0 Å². The van der Waals surface area contributed by atoms with Crippen LogP contribution in [0.3, 0.4) is 0 Å². The second-order valence-corrected chi connectivity index (χ2v) is 4.10. The molecule has 0 amide bonds. The van der Waals surface area contributed by atoms with Crippen molar-refractivity contribution in [1.82, 2.24) is 0 Å². The summed E-state index contributed by atoms with van der Waals surface area (Å²) in [6, 6.07) is 2.38. The van der Waals surface area contributed by atoms with E-state index in [-0.39, 0.29) is 16.5 Å². The fraction of sp³-hybridized carbons (Fsp3) is 0.364. The molecule has 88 valence electrons. The predicted octanol–water partition coefficient (Wildman–Crippen LogP) is 3.39. The molecule has 0 aliphatic rings. The van der Waals surface area contributed by atoms with E-state index in [1.54, 1.807) is 6.92 Å². The largest absolute Gasteiger partial charge is 0.469 e. The van der Waals surface area contributed by atoms with E-state index in [1.165, 1.54) is 13.2 Å². The topological polar surface area (TPSA) is 26.3 Å². The Hall–Kier alpha value is -0.970. The average Bonchev–Trinajstić information content (AvgIpc) is 2.28. The quantitative estimate of drug-likeness (QED) is 0.630. The Kier molecular flexibility index (Phi) is 4.41. The minimum absolute atomic E-state index is 0.131. The zero-order valence-corrected chi connectivity index (χ0v) is 10.5. The Morgan fingerprint density at radius 3 is 2.62 bits per heavy atom. The van der Waals surface area contributed by atoms with Crippen LogP contribution in [0.15, 0.2) is 16.6 Å². The summed E-state index contributed by atoms with van der Waals surface area (Å²) in [6.07, 6.45) is 0.275. The van der Waals surface area contributed by atoms with Gasteiger partial charge in [0.05, 0.1) is 17.5 Å². The van der Waals surface area contributed by atoms with Crippen LogP contribution in [-0.2, 0) is 9.53 Å². The Labute approximate surface area is 101 Å². The molecule has 0 bridgehead atoms. The summed E-state index contributed by atoms with van der Waals surface area (Å²) >= 11 is 2.95. The van der Waals surface area contributed by atoms with Crippen molar-refractivity contribution in [2.75, 3.05) is 7.11 Å². The molecule has 0 spiro atoms. The van der Waals surface area contributed by atoms with Crippen LogP contribution >= 0.6 is 15.9 Å². The predicted molar refractivity (Wildman–Crippen MR) is 59.1 cm³/mol. The highest BCUT2D eigenvalue weighted by Gasteiger charge is 2.27. The molecule has 0 saturated heterocycles. The van der Waals surface area contributed by atoms with E-state index >= 15 is 0 Å². The molecule has 16 heavy (non-hydrogen) atoms. The van der Waals surface area contributed by atoms with Gasteiger partial charge in [0.25, 0.3) is 0 Å². The van der Waals surface area contributed by atoms with Gasteiger partial charge in [-0.3, -0.25) is 4.79 Å². The monoisotopic (exact) mass is 292 g/mol. The maximum atomic E-state index is 13.7. The molecule has 1 aromatic rings. The standard InChI is InChI=1S/C11H11BrF2O2/c1-3-6(11(15)16-2)9-8(13)5-4-7(12)10(9)14/h4-6H,3H2,1-2H3. The van der Waals surface area contributed by atoms with Gasteiger partial charge in [-0.2, -0.15) is 0 Å². The van der Waals surface area contributed by atoms with Crippen LogP contribution in [0.4, 0.5) is 8.78 Å². The summed E-state index contributed by atoms with van der Waals surface area (Å²) in [5, 5.41) is 0. The highest BCUT2D eigenvalue weighted by Crippen LogP contribution is 2.30. The third-order valence-electron chi connectivity index (χ3n) is 2.32. The van der Waals surface area contributed by atoms with Gasteiger partial charge in [-0.1, -0.05) is 6.92 Å². The van der Waals surface area contributed by atoms with E-state index in [4.69, 9.17) is 0 Å². The fourth-order valence-corrected chi connectivity index (χ4v) is 1.84. The number of ether oxygens (including phenoxy) is 1. The van der Waals surface area contributed by atoms with Crippen LogP contribution in [0.5, 0.6) is 0 Å². The van der Waals surface area contributed by atoms with Gasteiger partial charge in [0.1, 0.15) is 11.6 Å². The van der Waals surface area contributed by atoms with Crippen molar-refractivity contribution in [3.63, 3.8) is 0 Å². The molecule has 0 radical (unpaired) electrons. The van der Waals surface area contributed by atoms with Crippen LogP contribution in [-0.4, -0.2) is 13.1 Å². The summed E-state index contributed by atoms with van der Waals surface area (Å²) in [5.74, 6) is -3.05. The average molecular weight is 293 g/mol. The number of hydrogen-bond donors (Lipinski definition) is 0. The van der Waals surface area contributed by atoms with Crippen LogP contribution in [0.2, 0.25) is 0 Å². The summed E-state index contributed by atoms with van der Waals surface area (Å²) < 4.78 is 31.8. The second-order valence-electron chi connectivity index (χ2n) is 3.24. The van der Waals surface area contributed by atoms with Crippen molar-refractivity contribution in [3.05, 3.63) is 33.8 Å². The molecule has 5 heteroatoms. The normalized spacial score (nSPS) is 12.3. The molecule has 0 aliphatic heterocycles. The number of carbonyl (C=O) groups excluding carboxylic acids is 1. The molecule has 0 aromatic heterocycles. The van der Waals surface area contributed by atoms with Crippen LogP contribution < -0.4 is 0 Å². The van der Waals surface area contributed by atoms with Gasteiger partial charge in [0.2, 0.25) is 0 Å². The molecule has 1 unspecified atom stereocenters. The van der Waals surface area contributed by atoms with Crippen molar-refractivity contribution in [3.8, 4) is 0 Å². The third-order valence-corrected chi connectivity index (χ3v) is 2.93. The minimum atomic E-state index is -0.914. The molecular formula is C11H11BrF2O2. The van der Waals surface area contributed by atoms with Crippen LogP contribution in [0, 0.1) is 11.6 Å². The summed E-state index contributed by atoms with van der Waals surface area (Å²) in [6.45, 7) is 1.67. The summed E-state index contributed by atoms with van der Waals surface area (Å²) in [7, 11) is 1.19. The zero-order chi connectivity index (χ0) is 12.3. The molecular weight excluding hydrogens is 282 g/mol. The first-order chi connectivity index (χ1) is 7.52. The smallest absolute Gasteiger partial charge is 0.313 e. The van der Waals surface area contributed by atoms with Gasteiger partial charge in [-0.25, -0.2) is 8.78 Å². The fourth-order valence-electron chi connectivity index (χ4n) is 1.49. The molecule has 0 saturated carbocycles. The van der Waals surface area contributed by atoms with E-state index in [0.717, 1.165) is 6.07 Å². The Morgan fingerprint density at radius 2 is 2.12 bits per heavy atom. The molecule has 0 heterocycles. The summed E-state index contributed by atoms with van der Waals surface area (Å²) in [4.78, 5) is 11.4. The lowest BCUT2D eigenvalue weighted by molar-refractivity contribution is -0.142. The maximum absolute atomic E-state index is 13.7. The SMILES string of the molecule is CCC(C(=O)OC)c1c(F)ccc(Br)c1F. The Bertz CT molecular complexity index is 407. The van der Waals surface area contributed by atoms with Gasteiger partial charge in [0.15, 0.2) is 0 Å². The van der Waals surface area contributed by atoms with E-state index < -0.39 is 23.5 Å². The van der Waals surface area contributed by atoms with E-state index in [0.29, 0.717) is 0 Å². The number of methoxy groups -OCH3 is 1. The molecule has 1 atom stereocenters. The number of esters is 1. The Balaban J connectivity index is 3.29. The van der Waals surface area contributed by atoms with E-state index in [1.807, 2.05) is 0 Å². The van der Waals surface area contributed by atoms with Gasteiger partial charge in [-0.05, 0) is 34.5 Å². The van der Waals surface area contributed by atoms with Crippen LogP contribution in [0.25, 0.3) is 0 Å². The van der Waals surface area contributed by atoms with E-state index in [9.17, 15) is 13.6 Å². The molecule has 2 nitrogen and oxygen atoms in total. The molecule has 0 fully saturated rings. The molecule has 0 N–H and O–H groups in total.